The number of benzene rings is 1. The van der Waals surface area contributed by atoms with Crippen LogP contribution in [0.5, 0.6) is 0 Å². The molecular weight excluding hydrogens is 256 g/mol. The van der Waals surface area contributed by atoms with Gasteiger partial charge in [0, 0.05) is 6.08 Å². The molecular formula is C16H18O4. The number of esters is 2. The van der Waals surface area contributed by atoms with Gasteiger partial charge in [0.15, 0.2) is 0 Å². The molecule has 0 bridgehead atoms. The van der Waals surface area contributed by atoms with Crippen LogP contribution in [0.4, 0.5) is 0 Å². The number of ether oxygens (including phenoxy) is 2. The minimum absolute atomic E-state index is 0.296. The second-order valence-corrected chi connectivity index (χ2v) is 3.99. The Kier molecular flexibility index (Phi) is 6.82. The molecule has 1 rings (SSSR count). The van der Waals surface area contributed by atoms with Crippen molar-refractivity contribution >= 4 is 17.5 Å². The van der Waals surface area contributed by atoms with E-state index in [0.29, 0.717) is 25.0 Å². The second-order valence-electron chi connectivity index (χ2n) is 3.99. The van der Waals surface area contributed by atoms with Gasteiger partial charge in [-0.1, -0.05) is 43.0 Å². The molecule has 0 aliphatic carbocycles. The lowest BCUT2D eigenvalue weighted by Crippen LogP contribution is -2.04. The van der Waals surface area contributed by atoms with Gasteiger partial charge in [0.05, 0.1) is 19.3 Å². The SMILES string of the molecule is C=CC(=O)OCCCC=C(C(=O)OC)c1ccccc1. The van der Waals surface area contributed by atoms with Crippen LogP contribution in [0, 0.1) is 0 Å². The van der Waals surface area contributed by atoms with E-state index >= 15 is 0 Å². The predicted molar refractivity (Wildman–Crippen MR) is 76.8 cm³/mol. The monoisotopic (exact) mass is 274 g/mol. The molecule has 106 valence electrons. The van der Waals surface area contributed by atoms with E-state index in [1.54, 1.807) is 6.08 Å². The molecule has 0 N–H and O–H groups in total. The van der Waals surface area contributed by atoms with Crippen molar-refractivity contribution in [2.24, 2.45) is 0 Å². The first-order chi connectivity index (χ1) is 9.69. The zero-order valence-corrected chi connectivity index (χ0v) is 11.5. The number of carbonyl (C=O) groups excluding carboxylic acids is 2. The Morgan fingerprint density at radius 1 is 1.25 bits per heavy atom. The van der Waals surface area contributed by atoms with E-state index < -0.39 is 5.97 Å². The summed E-state index contributed by atoms with van der Waals surface area (Å²) >= 11 is 0. The summed E-state index contributed by atoms with van der Waals surface area (Å²) in [6.07, 6.45) is 4.17. The Hall–Kier alpha value is -2.36. The first-order valence-electron chi connectivity index (χ1n) is 6.32. The van der Waals surface area contributed by atoms with Crippen molar-refractivity contribution in [2.45, 2.75) is 12.8 Å². The quantitative estimate of drug-likeness (QED) is 0.436. The fourth-order valence-electron chi connectivity index (χ4n) is 1.61. The molecule has 0 heterocycles. The van der Waals surface area contributed by atoms with Gasteiger partial charge < -0.3 is 9.47 Å². The van der Waals surface area contributed by atoms with Crippen LogP contribution in [-0.4, -0.2) is 25.7 Å². The molecule has 0 aliphatic rings. The summed E-state index contributed by atoms with van der Waals surface area (Å²) in [6.45, 7) is 3.61. The maximum absolute atomic E-state index is 11.7. The molecule has 0 aromatic heterocycles. The lowest BCUT2D eigenvalue weighted by molar-refractivity contribution is -0.138. The molecule has 1 aromatic carbocycles. The van der Waals surface area contributed by atoms with Crippen LogP contribution < -0.4 is 0 Å². The highest BCUT2D eigenvalue weighted by Crippen LogP contribution is 2.16. The zero-order chi connectivity index (χ0) is 14.8. The topological polar surface area (TPSA) is 52.6 Å². The molecule has 4 heteroatoms. The number of hydrogen-bond acceptors (Lipinski definition) is 4. The Morgan fingerprint density at radius 3 is 2.55 bits per heavy atom. The van der Waals surface area contributed by atoms with Gasteiger partial charge in [0.25, 0.3) is 0 Å². The van der Waals surface area contributed by atoms with Gasteiger partial charge in [-0.15, -0.1) is 0 Å². The van der Waals surface area contributed by atoms with Crippen molar-refractivity contribution in [1.29, 1.82) is 0 Å². The Morgan fingerprint density at radius 2 is 1.95 bits per heavy atom. The minimum Gasteiger partial charge on any atom is -0.465 e. The zero-order valence-electron chi connectivity index (χ0n) is 11.5. The van der Waals surface area contributed by atoms with Crippen LogP contribution in [0.25, 0.3) is 5.57 Å². The molecule has 1 aromatic rings. The maximum Gasteiger partial charge on any atom is 0.338 e. The molecule has 0 aliphatic heterocycles. The summed E-state index contributed by atoms with van der Waals surface area (Å²) < 4.78 is 9.64. The smallest absolute Gasteiger partial charge is 0.338 e. The molecule has 0 saturated carbocycles. The standard InChI is InChI=1S/C16H18O4/c1-3-15(17)20-12-8-7-11-14(16(18)19-2)13-9-5-4-6-10-13/h3-6,9-11H,1,7-8,12H2,2H3. The number of allylic oxidation sites excluding steroid dienone is 1. The van der Waals surface area contributed by atoms with E-state index in [1.165, 1.54) is 7.11 Å². The van der Waals surface area contributed by atoms with Crippen LogP contribution in [0.2, 0.25) is 0 Å². The van der Waals surface area contributed by atoms with E-state index in [0.717, 1.165) is 11.6 Å². The third-order valence-corrected chi connectivity index (χ3v) is 2.60. The van der Waals surface area contributed by atoms with Gasteiger partial charge in [-0.25, -0.2) is 9.59 Å². The molecule has 0 radical (unpaired) electrons. The van der Waals surface area contributed by atoms with Crippen molar-refractivity contribution in [3.05, 3.63) is 54.6 Å². The van der Waals surface area contributed by atoms with E-state index in [9.17, 15) is 9.59 Å². The van der Waals surface area contributed by atoms with Gasteiger partial charge in [-0.2, -0.15) is 0 Å². The number of hydrogen-bond donors (Lipinski definition) is 0. The van der Waals surface area contributed by atoms with Gasteiger partial charge in [-0.3, -0.25) is 0 Å². The third-order valence-electron chi connectivity index (χ3n) is 2.60. The van der Waals surface area contributed by atoms with Crippen molar-refractivity contribution in [3.8, 4) is 0 Å². The maximum atomic E-state index is 11.7. The van der Waals surface area contributed by atoms with E-state index in [2.05, 4.69) is 6.58 Å². The van der Waals surface area contributed by atoms with Crippen molar-refractivity contribution in [3.63, 3.8) is 0 Å². The Balaban J connectivity index is 2.61. The number of rotatable bonds is 7. The van der Waals surface area contributed by atoms with Crippen LogP contribution in [0.1, 0.15) is 18.4 Å². The Labute approximate surface area is 118 Å². The summed E-state index contributed by atoms with van der Waals surface area (Å²) in [5.41, 5.74) is 1.32. The lowest BCUT2D eigenvalue weighted by atomic mass is 10.0. The number of carbonyl (C=O) groups is 2. The molecule has 0 spiro atoms. The normalized spacial score (nSPS) is 10.8. The van der Waals surface area contributed by atoms with Gasteiger partial charge in [0.1, 0.15) is 0 Å². The largest absolute Gasteiger partial charge is 0.465 e. The fourth-order valence-corrected chi connectivity index (χ4v) is 1.61. The van der Waals surface area contributed by atoms with Crippen LogP contribution >= 0.6 is 0 Å². The fraction of sp³-hybridized carbons (Fsp3) is 0.250. The van der Waals surface area contributed by atoms with E-state index in [-0.39, 0.29) is 5.97 Å². The molecule has 0 fully saturated rings. The molecule has 4 nitrogen and oxygen atoms in total. The highest BCUT2D eigenvalue weighted by atomic mass is 16.5. The van der Waals surface area contributed by atoms with Crippen molar-refractivity contribution in [2.75, 3.05) is 13.7 Å². The summed E-state index contributed by atoms with van der Waals surface area (Å²) in [6, 6.07) is 9.30. The highest BCUT2D eigenvalue weighted by molar-refractivity contribution is 6.16. The van der Waals surface area contributed by atoms with Crippen molar-refractivity contribution in [1.82, 2.24) is 0 Å². The minimum atomic E-state index is -0.440. The van der Waals surface area contributed by atoms with E-state index in [1.807, 2.05) is 30.3 Å². The van der Waals surface area contributed by atoms with Crippen LogP contribution in [0.3, 0.4) is 0 Å². The Bertz CT molecular complexity index is 488. The summed E-state index contributed by atoms with van der Waals surface area (Å²) in [7, 11) is 1.35. The van der Waals surface area contributed by atoms with Gasteiger partial charge in [0.2, 0.25) is 0 Å². The molecule has 0 saturated heterocycles. The molecule has 0 unspecified atom stereocenters. The van der Waals surface area contributed by atoms with E-state index in [4.69, 9.17) is 9.47 Å². The summed E-state index contributed by atoms with van der Waals surface area (Å²) in [5.74, 6) is -0.815. The predicted octanol–water partition coefficient (Wildman–Crippen LogP) is 2.75. The third kappa shape index (κ3) is 5.10. The molecule has 20 heavy (non-hydrogen) atoms. The van der Waals surface area contributed by atoms with Crippen LogP contribution in [0.15, 0.2) is 49.1 Å². The molecule has 0 atom stereocenters. The van der Waals surface area contributed by atoms with Gasteiger partial charge >= 0.3 is 11.9 Å². The van der Waals surface area contributed by atoms with Crippen LogP contribution in [-0.2, 0) is 19.1 Å². The first-order valence-corrected chi connectivity index (χ1v) is 6.32. The number of unbranched alkanes of at least 4 members (excludes halogenated alkanes) is 1. The summed E-state index contributed by atoms with van der Waals surface area (Å²) in [5, 5.41) is 0. The number of methoxy groups -OCH3 is 1. The second kappa shape index (κ2) is 8.69. The average Bonchev–Trinajstić information content (AvgIpc) is 2.50. The lowest BCUT2D eigenvalue weighted by Gasteiger charge is -2.06. The van der Waals surface area contributed by atoms with Gasteiger partial charge in [-0.05, 0) is 18.4 Å². The highest BCUT2D eigenvalue weighted by Gasteiger charge is 2.11. The first kappa shape index (κ1) is 15.7. The summed E-state index contributed by atoms with van der Waals surface area (Å²) in [4.78, 5) is 22.6. The average molecular weight is 274 g/mol. The van der Waals surface area contributed by atoms with Crippen molar-refractivity contribution < 1.29 is 19.1 Å². The molecule has 0 amide bonds.